The number of anilines is 4. The molecule has 146 valence electrons. The second kappa shape index (κ2) is 9.18. The first-order valence-corrected chi connectivity index (χ1v) is 9.94. The third-order valence-electron chi connectivity index (χ3n) is 5.14. The van der Waals surface area contributed by atoms with Gasteiger partial charge in [-0.25, -0.2) is 0 Å². The third-order valence-corrected chi connectivity index (χ3v) is 5.14. The summed E-state index contributed by atoms with van der Waals surface area (Å²) in [7, 11) is 0. The van der Waals surface area contributed by atoms with Crippen molar-refractivity contribution in [3.63, 3.8) is 0 Å². The molecule has 4 nitrogen and oxygen atoms in total. The van der Waals surface area contributed by atoms with Gasteiger partial charge in [0, 0.05) is 0 Å². The Morgan fingerprint density at radius 1 is 0.607 bits per heavy atom. The molecule has 28 heavy (non-hydrogen) atoms. The molecule has 0 unspecified atom stereocenters. The summed E-state index contributed by atoms with van der Waals surface area (Å²) in [6.45, 7) is 4.38. The number of para-hydroxylation sites is 4. The number of nitrogen functional groups attached to an aromatic ring is 2. The standard InChI is InChI=1S/C24H30N4/c1-3-21(27-23-15-9-7-13-19(23)25)17-11-5-6-12-18(17)22(4-2)28-24-16-10-8-14-20(24)26/h5-16,21-22,27-28H,3-4,25-26H2,1-2H3/t21-,22-/m1/s1. The maximum atomic E-state index is 6.16. The fourth-order valence-corrected chi connectivity index (χ4v) is 3.58. The van der Waals surface area contributed by atoms with Gasteiger partial charge in [0.25, 0.3) is 0 Å². The van der Waals surface area contributed by atoms with Crippen LogP contribution < -0.4 is 22.1 Å². The minimum absolute atomic E-state index is 0.171. The first-order valence-electron chi connectivity index (χ1n) is 9.94. The lowest BCUT2D eigenvalue weighted by molar-refractivity contribution is 0.693. The minimum atomic E-state index is 0.171. The van der Waals surface area contributed by atoms with E-state index in [4.69, 9.17) is 11.5 Å². The zero-order chi connectivity index (χ0) is 19.9. The quantitative estimate of drug-likeness (QED) is 0.366. The van der Waals surface area contributed by atoms with Crippen LogP contribution >= 0.6 is 0 Å². The van der Waals surface area contributed by atoms with Crippen molar-refractivity contribution in [3.05, 3.63) is 83.9 Å². The molecule has 0 fully saturated rings. The molecule has 0 amide bonds. The fourth-order valence-electron chi connectivity index (χ4n) is 3.58. The third kappa shape index (κ3) is 4.39. The summed E-state index contributed by atoms with van der Waals surface area (Å²) in [5, 5.41) is 7.26. The molecule has 0 aliphatic rings. The van der Waals surface area contributed by atoms with Crippen molar-refractivity contribution in [3.8, 4) is 0 Å². The van der Waals surface area contributed by atoms with E-state index in [1.807, 2.05) is 48.5 Å². The Morgan fingerprint density at radius 2 is 0.964 bits per heavy atom. The summed E-state index contributed by atoms with van der Waals surface area (Å²) in [4.78, 5) is 0. The maximum absolute atomic E-state index is 6.16. The molecule has 0 aliphatic carbocycles. The highest BCUT2D eigenvalue weighted by molar-refractivity contribution is 5.68. The van der Waals surface area contributed by atoms with E-state index in [1.165, 1.54) is 11.1 Å². The summed E-state index contributed by atoms with van der Waals surface area (Å²) in [5.74, 6) is 0. The summed E-state index contributed by atoms with van der Waals surface area (Å²) >= 11 is 0. The molecule has 0 heterocycles. The van der Waals surface area contributed by atoms with Crippen molar-refractivity contribution in [2.24, 2.45) is 0 Å². The van der Waals surface area contributed by atoms with E-state index < -0.39 is 0 Å². The molecule has 3 aromatic rings. The second-order valence-corrected chi connectivity index (χ2v) is 7.01. The number of hydrogen-bond donors (Lipinski definition) is 4. The Balaban J connectivity index is 1.92. The molecule has 0 aliphatic heterocycles. The average Bonchev–Trinajstić information content (AvgIpc) is 2.73. The molecule has 3 rings (SSSR count). The topological polar surface area (TPSA) is 76.1 Å². The predicted molar refractivity (Wildman–Crippen MR) is 121 cm³/mol. The van der Waals surface area contributed by atoms with Gasteiger partial charge in [0.15, 0.2) is 0 Å². The zero-order valence-corrected chi connectivity index (χ0v) is 16.7. The van der Waals surface area contributed by atoms with Gasteiger partial charge in [-0.3, -0.25) is 0 Å². The lowest BCUT2D eigenvalue weighted by Gasteiger charge is -2.27. The van der Waals surface area contributed by atoms with E-state index in [0.717, 1.165) is 35.6 Å². The molecule has 0 bridgehead atoms. The first kappa shape index (κ1) is 19.6. The van der Waals surface area contributed by atoms with Crippen LogP contribution in [0.3, 0.4) is 0 Å². The largest absolute Gasteiger partial charge is 0.397 e. The molecule has 4 heteroatoms. The number of hydrogen-bond acceptors (Lipinski definition) is 4. The van der Waals surface area contributed by atoms with E-state index in [1.54, 1.807) is 0 Å². The highest BCUT2D eigenvalue weighted by Crippen LogP contribution is 2.34. The molecule has 2 atom stereocenters. The van der Waals surface area contributed by atoms with Crippen molar-refractivity contribution in [1.29, 1.82) is 0 Å². The molecule has 0 spiro atoms. The van der Waals surface area contributed by atoms with Gasteiger partial charge in [0.2, 0.25) is 0 Å². The molecule has 0 aromatic heterocycles. The van der Waals surface area contributed by atoms with Crippen molar-refractivity contribution in [2.45, 2.75) is 38.8 Å². The van der Waals surface area contributed by atoms with Gasteiger partial charge in [-0.1, -0.05) is 62.4 Å². The van der Waals surface area contributed by atoms with Crippen molar-refractivity contribution < 1.29 is 0 Å². The second-order valence-electron chi connectivity index (χ2n) is 7.01. The van der Waals surface area contributed by atoms with Crippen molar-refractivity contribution >= 4 is 22.7 Å². The van der Waals surface area contributed by atoms with Gasteiger partial charge < -0.3 is 22.1 Å². The Morgan fingerprint density at radius 3 is 1.32 bits per heavy atom. The SMILES string of the molecule is CC[C@@H](Nc1ccccc1N)c1ccccc1[C@@H](CC)Nc1ccccc1N. The summed E-state index contributed by atoms with van der Waals surface area (Å²) in [6, 6.07) is 24.8. The molecule has 0 saturated heterocycles. The molecule has 3 aromatic carbocycles. The lowest BCUT2D eigenvalue weighted by Crippen LogP contribution is -2.18. The highest BCUT2D eigenvalue weighted by Gasteiger charge is 2.19. The normalized spacial score (nSPS) is 12.9. The molecule has 0 radical (unpaired) electrons. The summed E-state index contributed by atoms with van der Waals surface area (Å²) < 4.78 is 0. The van der Waals surface area contributed by atoms with E-state index in [-0.39, 0.29) is 12.1 Å². The molecule has 6 N–H and O–H groups in total. The van der Waals surface area contributed by atoms with Gasteiger partial charge in [-0.2, -0.15) is 0 Å². The van der Waals surface area contributed by atoms with Gasteiger partial charge in [0.1, 0.15) is 0 Å². The van der Waals surface area contributed by atoms with Gasteiger partial charge in [-0.05, 0) is 48.2 Å². The molecular weight excluding hydrogens is 344 g/mol. The van der Waals surface area contributed by atoms with Crippen LogP contribution in [-0.4, -0.2) is 0 Å². The lowest BCUT2D eigenvalue weighted by atomic mass is 9.92. The van der Waals surface area contributed by atoms with Crippen molar-refractivity contribution in [2.75, 3.05) is 22.1 Å². The highest BCUT2D eigenvalue weighted by atomic mass is 15.0. The molecule has 0 saturated carbocycles. The first-order chi connectivity index (χ1) is 13.6. The molecular formula is C24H30N4. The summed E-state index contributed by atoms with van der Waals surface area (Å²) in [5.41, 5.74) is 18.3. The van der Waals surface area contributed by atoms with Crippen LogP contribution in [0.4, 0.5) is 22.7 Å². The van der Waals surface area contributed by atoms with Gasteiger partial charge >= 0.3 is 0 Å². The van der Waals surface area contributed by atoms with Gasteiger partial charge in [0.05, 0.1) is 34.8 Å². The number of nitrogens with two attached hydrogens (primary N) is 2. The van der Waals surface area contributed by atoms with Crippen LogP contribution in [0.25, 0.3) is 0 Å². The van der Waals surface area contributed by atoms with E-state index >= 15 is 0 Å². The fraction of sp³-hybridized carbons (Fsp3) is 0.250. The Kier molecular flexibility index (Phi) is 6.43. The monoisotopic (exact) mass is 374 g/mol. The number of rotatable bonds is 8. The minimum Gasteiger partial charge on any atom is -0.397 e. The van der Waals surface area contributed by atoms with Crippen LogP contribution in [0.2, 0.25) is 0 Å². The zero-order valence-electron chi connectivity index (χ0n) is 16.7. The van der Waals surface area contributed by atoms with E-state index in [9.17, 15) is 0 Å². The predicted octanol–water partition coefficient (Wildman–Crippen LogP) is 5.98. The number of nitrogens with one attached hydrogen (secondary N) is 2. The van der Waals surface area contributed by atoms with Crippen LogP contribution in [0, 0.1) is 0 Å². The van der Waals surface area contributed by atoms with Crippen LogP contribution in [-0.2, 0) is 0 Å². The smallest absolute Gasteiger partial charge is 0.0578 e. The Bertz CT molecular complexity index is 832. The van der Waals surface area contributed by atoms with Crippen LogP contribution in [0.5, 0.6) is 0 Å². The average molecular weight is 375 g/mol. The van der Waals surface area contributed by atoms with Crippen molar-refractivity contribution in [1.82, 2.24) is 0 Å². The maximum Gasteiger partial charge on any atom is 0.0578 e. The Labute approximate surface area is 168 Å². The van der Waals surface area contributed by atoms with Gasteiger partial charge in [-0.15, -0.1) is 0 Å². The van der Waals surface area contributed by atoms with E-state index in [0.29, 0.717) is 0 Å². The van der Waals surface area contributed by atoms with E-state index in [2.05, 4.69) is 48.7 Å². The Hall–Kier alpha value is -3.14. The number of benzene rings is 3. The van der Waals surface area contributed by atoms with Crippen LogP contribution in [0.15, 0.2) is 72.8 Å². The van der Waals surface area contributed by atoms with Crippen LogP contribution in [0.1, 0.15) is 49.9 Å². The summed E-state index contributed by atoms with van der Waals surface area (Å²) in [6.07, 6.45) is 1.91.